The number of nitrogens with one attached hydrogen (secondary N) is 2. The molecule has 12 heteroatoms. The van der Waals surface area contributed by atoms with E-state index in [-0.39, 0.29) is 23.2 Å². The Bertz CT molecular complexity index is 1380. The SMILES string of the molecule is CS(=O)(=O)CCNCc1nc(-c2ccc3ncnc(Nc4ccc(F)c(Cl)c4)c3c2)cs1.[Cl-]. The van der Waals surface area contributed by atoms with Crippen LogP contribution < -0.4 is 23.0 Å². The zero-order valence-electron chi connectivity index (χ0n) is 17.3. The molecule has 0 unspecified atom stereocenters. The molecule has 0 aliphatic heterocycles. The molecule has 33 heavy (non-hydrogen) atoms. The van der Waals surface area contributed by atoms with E-state index < -0.39 is 15.7 Å². The van der Waals surface area contributed by atoms with Crippen LogP contribution in [0, 0.1) is 5.82 Å². The summed E-state index contributed by atoms with van der Waals surface area (Å²) in [6.45, 7) is 0.874. The number of benzene rings is 2. The summed E-state index contributed by atoms with van der Waals surface area (Å²) in [5.41, 5.74) is 3.05. The highest BCUT2D eigenvalue weighted by molar-refractivity contribution is 7.90. The molecule has 0 spiro atoms. The van der Waals surface area contributed by atoms with Gasteiger partial charge in [0.15, 0.2) is 0 Å². The molecule has 2 aromatic heterocycles. The summed E-state index contributed by atoms with van der Waals surface area (Å²) >= 11 is 7.38. The molecule has 7 nitrogen and oxygen atoms in total. The van der Waals surface area contributed by atoms with Crippen LogP contribution in [-0.4, -0.2) is 41.9 Å². The summed E-state index contributed by atoms with van der Waals surface area (Å²) in [4.78, 5) is 13.3. The fourth-order valence-corrected chi connectivity index (χ4v) is 4.47. The first-order valence-corrected chi connectivity index (χ1v) is 12.9. The molecule has 0 radical (unpaired) electrons. The van der Waals surface area contributed by atoms with Crippen LogP contribution >= 0.6 is 22.9 Å². The van der Waals surface area contributed by atoms with E-state index in [1.165, 1.54) is 36.1 Å². The van der Waals surface area contributed by atoms with Crippen LogP contribution in [0.25, 0.3) is 22.2 Å². The molecule has 2 heterocycles. The zero-order chi connectivity index (χ0) is 22.7. The van der Waals surface area contributed by atoms with Crippen molar-refractivity contribution in [2.75, 3.05) is 23.9 Å². The zero-order valence-corrected chi connectivity index (χ0v) is 20.5. The minimum Gasteiger partial charge on any atom is -1.00 e. The number of rotatable bonds is 8. The van der Waals surface area contributed by atoms with Crippen molar-refractivity contribution in [3.8, 4) is 11.3 Å². The van der Waals surface area contributed by atoms with Crippen molar-refractivity contribution >= 4 is 55.2 Å². The van der Waals surface area contributed by atoms with E-state index >= 15 is 0 Å². The van der Waals surface area contributed by atoms with Crippen molar-refractivity contribution in [2.45, 2.75) is 6.54 Å². The lowest BCUT2D eigenvalue weighted by Gasteiger charge is -2.10. The third kappa shape index (κ3) is 6.58. The lowest BCUT2D eigenvalue weighted by atomic mass is 10.1. The summed E-state index contributed by atoms with van der Waals surface area (Å²) in [5.74, 6) is 0.167. The van der Waals surface area contributed by atoms with Gasteiger partial charge in [0, 0.05) is 41.4 Å². The average Bonchev–Trinajstić information content (AvgIpc) is 3.22. The number of sulfone groups is 1. The number of hydrogen-bond donors (Lipinski definition) is 2. The van der Waals surface area contributed by atoms with Crippen LogP contribution in [0.3, 0.4) is 0 Å². The molecule has 174 valence electrons. The van der Waals surface area contributed by atoms with E-state index in [9.17, 15) is 12.8 Å². The van der Waals surface area contributed by atoms with E-state index in [0.29, 0.717) is 24.6 Å². The minimum absolute atomic E-state index is 0. The Labute approximate surface area is 205 Å². The second-order valence-corrected chi connectivity index (χ2v) is 10.8. The Morgan fingerprint density at radius 1 is 1.15 bits per heavy atom. The molecule has 0 aliphatic rings. The first-order valence-electron chi connectivity index (χ1n) is 9.58. The fraction of sp³-hybridized carbons (Fsp3) is 0.190. The van der Waals surface area contributed by atoms with Gasteiger partial charge in [-0.05, 0) is 30.3 Å². The predicted molar refractivity (Wildman–Crippen MR) is 127 cm³/mol. The standard InChI is InChI=1S/C21H19ClFN5O2S2.ClH/c1-32(29,30)7-6-24-10-20-28-19(11-31-20)13-2-5-18-15(8-13)21(26-12-25-18)27-14-3-4-17(23)16(22)9-14;/h2-5,8-9,11-12,24H,6-7,10H2,1H3,(H,25,26,27);1H/p-1. The van der Waals surface area contributed by atoms with Crippen molar-refractivity contribution < 1.29 is 25.2 Å². The third-order valence-electron chi connectivity index (χ3n) is 4.59. The van der Waals surface area contributed by atoms with Gasteiger partial charge in [0.2, 0.25) is 0 Å². The van der Waals surface area contributed by atoms with Crippen LogP contribution in [0.5, 0.6) is 0 Å². The number of nitrogens with zero attached hydrogens (tertiary/aromatic N) is 3. The summed E-state index contributed by atoms with van der Waals surface area (Å²) in [6.07, 6.45) is 2.67. The van der Waals surface area contributed by atoms with E-state index in [2.05, 4.69) is 25.6 Å². The second kappa shape index (κ2) is 10.7. The molecule has 0 bridgehead atoms. The average molecular weight is 527 g/mol. The van der Waals surface area contributed by atoms with Gasteiger partial charge in [0.25, 0.3) is 0 Å². The number of halogens is 3. The maximum atomic E-state index is 13.5. The van der Waals surface area contributed by atoms with Crippen molar-refractivity contribution in [2.24, 2.45) is 0 Å². The highest BCUT2D eigenvalue weighted by Crippen LogP contribution is 2.30. The Morgan fingerprint density at radius 2 is 1.97 bits per heavy atom. The summed E-state index contributed by atoms with van der Waals surface area (Å²) < 4.78 is 35.9. The number of fused-ring (bicyclic) bond motifs is 1. The number of anilines is 2. The Morgan fingerprint density at radius 3 is 2.73 bits per heavy atom. The Hall–Kier alpha value is -2.37. The molecule has 0 amide bonds. The number of aromatic nitrogens is 3. The van der Waals surface area contributed by atoms with Crippen molar-refractivity contribution in [3.05, 3.63) is 64.0 Å². The summed E-state index contributed by atoms with van der Waals surface area (Å²) in [7, 11) is -2.99. The Balaban J connectivity index is 0.00000306. The van der Waals surface area contributed by atoms with Gasteiger partial charge in [0.1, 0.15) is 32.8 Å². The molecule has 4 rings (SSSR count). The largest absolute Gasteiger partial charge is 1.00 e. The lowest BCUT2D eigenvalue weighted by molar-refractivity contribution is -0.00000951. The highest BCUT2D eigenvalue weighted by atomic mass is 35.5. The van der Waals surface area contributed by atoms with Gasteiger partial charge >= 0.3 is 0 Å². The Kier molecular flexibility index (Phi) is 8.19. The van der Waals surface area contributed by atoms with Gasteiger partial charge in [-0.3, -0.25) is 0 Å². The molecule has 4 aromatic rings. The van der Waals surface area contributed by atoms with E-state index in [0.717, 1.165) is 27.2 Å². The van der Waals surface area contributed by atoms with Crippen molar-refractivity contribution in [3.63, 3.8) is 0 Å². The highest BCUT2D eigenvalue weighted by Gasteiger charge is 2.10. The van der Waals surface area contributed by atoms with Gasteiger partial charge < -0.3 is 23.0 Å². The molecule has 0 aliphatic carbocycles. The fourth-order valence-electron chi connectivity index (χ4n) is 3.00. The summed E-state index contributed by atoms with van der Waals surface area (Å²) in [6, 6.07) is 10.1. The van der Waals surface area contributed by atoms with Gasteiger partial charge in [-0.25, -0.2) is 27.8 Å². The van der Waals surface area contributed by atoms with Crippen LogP contribution in [0.1, 0.15) is 5.01 Å². The monoisotopic (exact) mass is 526 g/mol. The van der Waals surface area contributed by atoms with E-state index in [4.69, 9.17) is 11.6 Å². The van der Waals surface area contributed by atoms with E-state index in [1.807, 2.05) is 23.6 Å². The van der Waals surface area contributed by atoms with E-state index in [1.54, 1.807) is 6.07 Å². The molecular formula is C21H19Cl2FN5O2S2-. The van der Waals surface area contributed by atoms with Crippen LogP contribution in [0.15, 0.2) is 48.1 Å². The quantitative estimate of drug-likeness (QED) is 0.335. The molecular weight excluding hydrogens is 508 g/mol. The predicted octanol–water partition coefficient (Wildman–Crippen LogP) is 1.43. The maximum Gasteiger partial charge on any atom is 0.148 e. The van der Waals surface area contributed by atoms with Gasteiger partial charge in [0.05, 0.1) is 22.0 Å². The van der Waals surface area contributed by atoms with Crippen LogP contribution in [0.4, 0.5) is 15.9 Å². The van der Waals surface area contributed by atoms with Crippen LogP contribution in [-0.2, 0) is 16.4 Å². The molecule has 2 N–H and O–H groups in total. The molecule has 0 fully saturated rings. The lowest BCUT2D eigenvalue weighted by Crippen LogP contribution is -3.00. The van der Waals surface area contributed by atoms with Gasteiger partial charge in [-0.2, -0.15) is 0 Å². The molecule has 2 aromatic carbocycles. The van der Waals surface area contributed by atoms with Crippen molar-refractivity contribution in [1.29, 1.82) is 0 Å². The maximum absolute atomic E-state index is 13.5. The van der Waals surface area contributed by atoms with Gasteiger partial charge in [-0.1, -0.05) is 17.7 Å². The molecule has 0 saturated carbocycles. The minimum atomic E-state index is -2.99. The second-order valence-electron chi connectivity index (χ2n) is 7.14. The molecule has 0 saturated heterocycles. The van der Waals surface area contributed by atoms with Gasteiger partial charge in [-0.15, -0.1) is 11.3 Å². The third-order valence-corrected chi connectivity index (χ3v) is 6.68. The number of hydrogen-bond acceptors (Lipinski definition) is 8. The topological polar surface area (TPSA) is 96.9 Å². The smallest absolute Gasteiger partial charge is 0.148 e. The first-order chi connectivity index (χ1) is 15.3. The summed E-state index contributed by atoms with van der Waals surface area (Å²) in [5, 5.41) is 9.88. The number of thiazole rings is 1. The normalized spacial score (nSPS) is 11.4. The molecule has 0 atom stereocenters. The van der Waals surface area contributed by atoms with Crippen molar-refractivity contribution in [1.82, 2.24) is 20.3 Å². The first kappa shape index (κ1) is 25.3. The van der Waals surface area contributed by atoms with Crippen LogP contribution in [0.2, 0.25) is 5.02 Å².